The number of anilines is 1. The highest BCUT2D eigenvalue weighted by Crippen LogP contribution is 2.34. The van der Waals surface area contributed by atoms with Crippen LogP contribution in [0.2, 0.25) is 10.0 Å². The van der Waals surface area contributed by atoms with Crippen LogP contribution in [0.1, 0.15) is 19.8 Å². The molecule has 0 aromatic heterocycles. The molecular formula is C12H15Cl2NO. The molecule has 0 radical (unpaired) electrons. The van der Waals surface area contributed by atoms with Gasteiger partial charge in [0.1, 0.15) is 0 Å². The Labute approximate surface area is 106 Å². The van der Waals surface area contributed by atoms with Gasteiger partial charge in [0.15, 0.2) is 5.75 Å². The molecule has 1 aromatic rings. The molecule has 0 saturated carbocycles. The number of allylic oxidation sites excluding steroid dienone is 1. The Morgan fingerprint density at radius 3 is 2.50 bits per heavy atom. The Bertz CT molecular complexity index is 356. The number of aromatic hydroxyl groups is 1. The van der Waals surface area contributed by atoms with E-state index >= 15 is 0 Å². The highest BCUT2D eigenvalue weighted by atomic mass is 35.5. The molecule has 4 heteroatoms. The molecule has 16 heavy (non-hydrogen) atoms. The average molecular weight is 260 g/mol. The second-order valence-corrected chi connectivity index (χ2v) is 4.51. The number of rotatable bonds is 5. The predicted molar refractivity (Wildman–Crippen MR) is 70.6 cm³/mol. The fraction of sp³-hybridized carbons (Fsp3) is 0.333. The van der Waals surface area contributed by atoms with Crippen LogP contribution >= 0.6 is 23.2 Å². The molecule has 0 bridgehead atoms. The zero-order valence-corrected chi connectivity index (χ0v) is 10.6. The minimum atomic E-state index is -0.0763. The summed E-state index contributed by atoms with van der Waals surface area (Å²) in [6.45, 7) is 5.74. The Hall–Kier alpha value is -0.860. The van der Waals surface area contributed by atoms with Crippen LogP contribution in [0.15, 0.2) is 24.8 Å². The largest absolute Gasteiger partial charge is 0.505 e. The van der Waals surface area contributed by atoms with E-state index in [4.69, 9.17) is 23.2 Å². The molecule has 0 saturated heterocycles. The molecule has 1 atom stereocenters. The van der Waals surface area contributed by atoms with E-state index in [9.17, 15) is 5.11 Å². The molecule has 1 aromatic carbocycles. The average Bonchev–Trinajstić information content (AvgIpc) is 2.23. The quantitative estimate of drug-likeness (QED) is 0.604. The van der Waals surface area contributed by atoms with Gasteiger partial charge in [0.2, 0.25) is 0 Å². The summed E-state index contributed by atoms with van der Waals surface area (Å²) in [7, 11) is 0. The van der Waals surface area contributed by atoms with Gasteiger partial charge in [-0.05, 0) is 31.9 Å². The van der Waals surface area contributed by atoms with Crippen molar-refractivity contribution in [3.05, 3.63) is 34.8 Å². The maximum atomic E-state index is 9.40. The van der Waals surface area contributed by atoms with Gasteiger partial charge >= 0.3 is 0 Å². The zero-order chi connectivity index (χ0) is 12.1. The second kappa shape index (κ2) is 6.02. The highest BCUT2D eigenvalue weighted by molar-refractivity contribution is 6.37. The van der Waals surface area contributed by atoms with Gasteiger partial charge < -0.3 is 10.4 Å². The smallest absolute Gasteiger partial charge is 0.152 e. The number of halogens is 2. The molecule has 0 spiro atoms. The molecule has 0 fully saturated rings. The summed E-state index contributed by atoms with van der Waals surface area (Å²) in [6.07, 6.45) is 3.82. The van der Waals surface area contributed by atoms with Crippen molar-refractivity contribution in [3.8, 4) is 5.75 Å². The predicted octanol–water partition coefficient (Wildman–Crippen LogP) is 4.47. The normalized spacial score (nSPS) is 12.2. The van der Waals surface area contributed by atoms with Crippen LogP contribution in [-0.2, 0) is 0 Å². The van der Waals surface area contributed by atoms with Crippen molar-refractivity contribution in [3.63, 3.8) is 0 Å². The first kappa shape index (κ1) is 13.2. The number of phenols is 1. The molecule has 0 amide bonds. The highest BCUT2D eigenvalue weighted by Gasteiger charge is 2.08. The van der Waals surface area contributed by atoms with Crippen molar-refractivity contribution >= 4 is 28.9 Å². The van der Waals surface area contributed by atoms with Gasteiger partial charge in [-0.1, -0.05) is 29.3 Å². The first-order valence-electron chi connectivity index (χ1n) is 5.10. The van der Waals surface area contributed by atoms with Gasteiger partial charge in [-0.25, -0.2) is 0 Å². The van der Waals surface area contributed by atoms with Gasteiger partial charge in [0, 0.05) is 11.7 Å². The summed E-state index contributed by atoms with van der Waals surface area (Å²) in [5.74, 6) is -0.0763. The van der Waals surface area contributed by atoms with Gasteiger partial charge in [0.25, 0.3) is 0 Å². The van der Waals surface area contributed by atoms with Crippen molar-refractivity contribution in [2.24, 2.45) is 0 Å². The first-order chi connectivity index (χ1) is 7.54. The molecule has 1 unspecified atom stereocenters. The minimum Gasteiger partial charge on any atom is -0.505 e. The van der Waals surface area contributed by atoms with E-state index in [1.807, 2.05) is 6.08 Å². The summed E-state index contributed by atoms with van der Waals surface area (Å²) >= 11 is 11.6. The van der Waals surface area contributed by atoms with Crippen molar-refractivity contribution in [1.82, 2.24) is 0 Å². The van der Waals surface area contributed by atoms with E-state index in [2.05, 4.69) is 18.8 Å². The van der Waals surface area contributed by atoms with Gasteiger partial charge in [0.05, 0.1) is 10.0 Å². The molecule has 1 rings (SSSR count). The van der Waals surface area contributed by atoms with E-state index in [-0.39, 0.29) is 15.8 Å². The zero-order valence-electron chi connectivity index (χ0n) is 9.13. The number of phenolic OH excluding ortho intramolecular Hbond substituents is 1. The summed E-state index contributed by atoms with van der Waals surface area (Å²) in [5.41, 5.74) is 0.810. The van der Waals surface area contributed by atoms with E-state index in [1.165, 1.54) is 0 Å². The second-order valence-electron chi connectivity index (χ2n) is 3.70. The lowest BCUT2D eigenvalue weighted by molar-refractivity contribution is 0.476. The lowest BCUT2D eigenvalue weighted by Crippen LogP contribution is -2.14. The molecule has 0 aliphatic heterocycles. The lowest BCUT2D eigenvalue weighted by Gasteiger charge is -2.15. The number of benzene rings is 1. The van der Waals surface area contributed by atoms with Crippen LogP contribution in [0, 0.1) is 0 Å². The Morgan fingerprint density at radius 1 is 1.44 bits per heavy atom. The Morgan fingerprint density at radius 2 is 2.00 bits per heavy atom. The molecule has 0 aliphatic rings. The third kappa shape index (κ3) is 3.62. The van der Waals surface area contributed by atoms with Gasteiger partial charge in [-0.15, -0.1) is 6.58 Å². The number of nitrogens with one attached hydrogen (secondary N) is 1. The molecular weight excluding hydrogens is 245 g/mol. The van der Waals surface area contributed by atoms with E-state index in [1.54, 1.807) is 12.1 Å². The fourth-order valence-electron chi connectivity index (χ4n) is 1.37. The topological polar surface area (TPSA) is 32.3 Å². The summed E-state index contributed by atoms with van der Waals surface area (Å²) < 4.78 is 0. The lowest BCUT2D eigenvalue weighted by atomic mass is 10.1. The third-order valence-electron chi connectivity index (χ3n) is 2.23. The van der Waals surface area contributed by atoms with Crippen molar-refractivity contribution in [1.29, 1.82) is 0 Å². The van der Waals surface area contributed by atoms with Crippen LogP contribution < -0.4 is 5.32 Å². The molecule has 2 N–H and O–H groups in total. The first-order valence-corrected chi connectivity index (χ1v) is 5.85. The van der Waals surface area contributed by atoms with Gasteiger partial charge in [-0.3, -0.25) is 0 Å². The van der Waals surface area contributed by atoms with Gasteiger partial charge in [-0.2, -0.15) is 0 Å². The van der Waals surface area contributed by atoms with E-state index < -0.39 is 0 Å². The summed E-state index contributed by atoms with van der Waals surface area (Å²) in [4.78, 5) is 0. The maximum absolute atomic E-state index is 9.40. The standard InChI is InChI=1S/C12H15Cl2NO/c1-3-4-5-8(2)15-9-6-10(13)12(16)11(14)7-9/h3,6-8,15-16H,1,4-5H2,2H3. The summed E-state index contributed by atoms with van der Waals surface area (Å²) in [6, 6.07) is 3.62. The fourth-order valence-corrected chi connectivity index (χ4v) is 1.86. The SMILES string of the molecule is C=CCCC(C)Nc1cc(Cl)c(O)c(Cl)c1. The van der Waals surface area contributed by atoms with E-state index in [0.717, 1.165) is 18.5 Å². The van der Waals surface area contributed by atoms with Crippen LogP contribution in [0.25, 0.3) is 0 Å². The molecule has 2 nitrogen and oxygen atoms in total. The van der Waals surface area contributed by atoms with Crippen LogP contribution in [0.4, 0.5) is 5.69 Å². The molecule has 0 aliphatic carbocycles. The third-order valence-corrected chi connectivity index (χ3v) is 2.81. The maximum Gasteiger partial charge on any atom is 0.152 e. The number of hydrogen-bond donors (Lipinski definition) is 2. The van der Waals surface area contributed by atoms with Crippen molar-refractivity contribution in [2.75, 3.05) is 5.32 Å². The monoisotopic (exact) mass is 259 g/mol. The Kier molecular flexibility index (Phi) is 4.97. The molecule has 0 heterocycles. The Balaban J connectivity index is 2.70. The van der Waals surface area contributed by atoms with Crippen molar-refractivity contribution < 1.29 is 5.11 Å². The minimum absolute atomic E-state index is 0.0763. The molecule has 88 valence electrons. The van der Waals surface area contributed by atoms with E-state index in [0.29, 0.717) is 6.04 Å². The summed E-state index contributed by atoms with van der Waals surface area (Å²) in [5, 5.41) is 13.2. The number of hydrogen-bond acceptors (Lipinski definition) is 2. The van der Waals surface area contributed by atoms with Crippen molar-refractivity contribution in [2.45, 2.75) is 25.8 Å². The van der Waals surface area contributed by atoms with Crippen LogP contribution in [-0.4, -0.2) is 11.1 Å². The van der Waals surface area contributed by atoms with Crippen LogP contribution in [0.3, 0.4) is 0 Å². The van der Waals surface area contributed by atoms with Crippen LogP contribution in [0.5, 0.6) is 5.75 Å².